The van der Waals surface area contributed by atoms with Crippen LogP contribution in [0, 0.1) is 0 Å². The quantitative estimate of drug-likeness (QED) is 0.441. The molecular formula is C15H32N4. The summed E-state index contributed by atoms with van der Waals surface area (Å²) < 4.78 is 0. The first kappa shape index (κ1) is 16.3. The molecule has 0 aliphatic carbocycles. The van der Waals surface area contributed by atoms with E-state index in [-0.39, 0.29) is 0 Å². The zero-order chi connectivity index (χ0) is 14.1. The Morgan fingerprint density at radius 1 is 1.37 bits per heavy atom. The number of rotatable bonds is 6. The lowest BCUT2D eigenvalue weighted by Crippen LogP contribution is -2.41. The Labute approximate surface area is 119 Å². The van der Waals surface area contributed by atoms with E-state index in [0.29, 0.717) is 6.04 Å². The van der Waals surface area contributed by atoms with Crippen molar-refractivity contribution < 1.29 is 0 Å². The highest BCUT2D eigenvalue weighted by molar-refractivity contribution is 5.79. The summed E-state index contributed by atoms with van der Waals surface area (Å²) in [5.41, 5.74) is 0. The molecule has 0 bridgehead atoms. The molecule has 1 rings (SSSR count). The topological polar surface area (TPSA) is 39.7 Å². The minimum absolute atomic E-state index is 0.430. The maximum atomic E-state index is 4.63. The van der Waals surface area contributed by atoms with Crippen LogP contribution in [-0.4, -0.2) is 49.1 Å². The van der Waals surface area contributed by atoms with Crippen LogP contribution in [-0.2, 0) is 0 Å². The van der Waals surface area contributed by atoms with Crippen molar-refractivity contribution in [1.82, 2.24) is 15.5 Å². The number of likely N-dealkylation sites (tertiary alicyclic amines) is 1. The van der Waals surface area contributed by atoms with Crippen LogP contribution in [0.25, 0.3) is 0 Å². The summed E-state index contributed by atoms with van der Waals surface area (Å²) in [6, 6.07) is 1.19. The Morgan fingerprint density at radius 3 is 2.79 bits per heavy atom. The van der Waals surface area contributed by atoms with Crippen molar-refractivity contribution in [3.63, 3.8) is 0 Å². The first-order valence-electron chi connectivity index (χ1n) is 7.92. The molecule has 1 unspecified atom stereocenters. The van der Waals surface area contributed by atoms with Crippen LogP contribution in [0.3, 0.4) is 0 Å². The van der Waals surface area contributed by atoms with Crippen molar-refractivity contribution in [2.24, 2.45) is 4.99 Å². The van der Waals surface area contributed by atoms with Crippen LogP contribution in [0.5, 0.6) is 0 Å². The Kier molecular flexibility index (Phi) is 7.87. The zero-order valence-corrected chi connectivity index (χ0v) is 13.2. The lowest BCUT2D eigenvalue weighted by molar-refractivity contribution is 0.160. The SMILES string of the molecule is CCNC(=NCCCN1CCCCC1C)NC(C)C. The second-order valence-electron chi connectivity index (χ2n) is 5.79. The Morgan fingerprint density at radius 2 is 2.16 bits per heavy atom. The van der Waals surface area contributed by atoms with E-state index in [1.165, 1.54) is 32.4 Å². The molecule has 19 heavy (non-hydrogen) atoms. The largest absolute Gasteiger partial charge is 0.357 e. The molecule has 0 aromatic carbocycles. The minimum Gasteiger partial charge on any atom is -0.357 e. The normalized spacial score (nSPS) is 21.7. The summed E-state index contributed by atoms with van der Waals surface area (Å²) in [7, 11) is 0. The van der Waals surface area contributed by atoms with Crippen LogP contribution in [0.2, 0.25) is 0 Å². The molecule has 2 N–H and O–H groups in total. The van der Waals surface area contributed by atoms with Gasteiger partial charge < -0.3 is 15.5 Å². The number of aliphatic imine (C=N–C) groups is 1. The van der Waals surface area contributed by atoms with Gasteiger partial charge in [-0.15, -0.1) is 0 Å². The minimum atomic E-state index is 0.430. The molecule has 0 radical (unpaired) electrons. The van der Waals surface area contributed by atoms with Gasteiger partial charge in [0.05, 0.1) is 0 Å². The second-order valence-corrected chi connectivity index (χ2v) is 5.79. The molecule has 4 nitrogen and oxygen atoms in total. The lowest BCUT2D eigenvalue weighted by atomic mass is 10.0. The van der Waals surface area contributed by atoms with Gasteiger partial charge in [0.2, 0.25) is 0 Å². The molecule has 0 aromatic rings. The molecule has 1 heterocycles. The summed E-state index contributed by atoms with van der Waals surface area (Å²) in [6.45, 7) is 13.0. The fourth-order valence-electron chi connectivity index (χ4n) is 2.55. The molecule has 1 fully saturated rings. The van der Waals surface area contributed by atoms with Crippen LogP contribution in [0.15, 0.2) is 4.99 Å². The van der Waals surface area contributed by atoms with Crippen molar-refractivity contribution in [3.05, 3.63) is 0 Å². The lowest BCUT2D eigenvalue weighted by Gasteiger charge is -2.33. The smallest absolute Gasteiger partial charge is 0.191 e. The summed E-state index contributed by atoms with van der Waals surface area (Å²) in [5, 5.41) is 6.64. The molecular weight excluding hydrogens is 236 g/mol. The number of guanidine groups is 1. The van der Waals surface area contributed by atoms with E-state index < -0.39 is 0 Å². The summed E-state index contributed by atoms with van der Waals surface area (Å²) >= 11 is 0. The fourth-order valence-corrected chi connectivity index (χ4v) is 2.55. The molecule has 1 aliphatic rings. The van der Waals surface area contributed by atoms with Gasteiger partial charge in [-0.05, 0) is 53.5 Å². The van der Waals surface area contributed by atoms with E-state index in [1.807, 2.05) is 0 Å². The van der Waals surface area contributed by atoms with Gasteiger partial charge in [0.1, 0.15) is 0 Å². The summed E-state index contributed by atoms with van der Waals surface area (Å²) in [4.78, 5) is 7.24. The van der Waals surface area contributed by atoms with Gasteiger partial charge in [-0.2, -0.15) is 0 Å². The molecule has 0 saturated carbocycles. The number of piperidine rings is 1. The average molecular weight is 268 g/mol. The van der Waals surface area contributed by atoms with E-state index in [0.717, 1.165) is 31.5 Å². The van der Waals surface area contributed by atoms with Crippen LogP contribution in [0.1, 0.15) is 53.4 Å². The van der Waals surface area contributed by atoms with Crippen LogP contribution in [0.4, 0.5) is 0 Å². The fraction of sp³-hybridized carbons (Fsp3) is 0.933. The Hall–Kier alpha value is -0.770. The summed E-state index contributed by atoms with van der Waals surface area (Å²) in [5.74, 6) is 0.948. The molecule has 0 aromatic heterocycles. The number of hydrogen-bond donors (Lipinski definition) is 2. The van der Waals surface area contributed by atoms with Gasteiger partial charge in [-0.1, -0.05) is 6.42 Å². The van der Waals surface area contributed by atoms with Crippen molar-refractivity contribution in [2.75, 3.05) is 26.2 Å². The maximum Gasteiger partial charge on any atom is 0.191 e. The zero-order valence-electron chi connectivity index (χ0n) is 13.2. The Bertz CT molecular complexity index is 263. The third-order valence-corrected chi connectivity index (χ3v) is 3.58. The third-order valence-electron chi connectivity index (χ3n) is 3.58. The highest BCUT2D eigenvalue weighted by Crippen LogP contribution is 2.16. The van der Waals surface area contributed by atoms with Crippen molar-refractivity contribution in [1.29, 1.82) is 0 Å². The molecule has 0 spiro atoms. The van der Waals surface area contributed by atoms with E-state index in [2.05, 4.69) is 48.2 Å². The number of nitrogens with one attached hydrogen (secondary N) is 2. The maximum absolute atomic E-state index is 4.63. The third kappa shape index (κ3) is 6.81. The highest BCUT2D eigenvalue weighted by atomic mass is 15.2. The van der Waals surface area contributed by atoms with Gasteiger partial charge in [0.15, 0.2) is 5.96 Å². The second kappa shape index (κ2) is 9.18. The number of nitrogens with zero attached hydrogens (tertiary/aromatic N) is 2. The molecule has 4 heteroatoms. The highest BCUT2D eigenvalue weighted by Gasteiger charge is 2.16. The van der Waals surface area contributed by atoms with E-state index >= 15 is 0 Å². The first-order valence-corrected chi connectivity index (χ1v) is 7.92. The van der Waals surface area contributed by atoms with Crippen molar-refractivity contribution >= 4 is 5.96 Å². The van der Waals surface area contributed by atoms with Gasteiger partial charge in [-0.25, -0.2) is 0 Å². The van der Waals surface area contributed by atoms with Gasteiger partial charge in [0.25, 0.3) is 0 Å². The molecule has 1 aliphatic heterocycles. The average Bonchev–Trinajstić information content (AvgIpc) is 2.36. The summed E-state index contributed by atoms with van der Waals surface area (Å²) in [6.07, 6.45) is 5.28. The van der Waals surface area contributed by atoms with Crippen molar-refractivity contribution in [2.45, 2.75) is 65.5 Å². The van der Waals surface area contributed by atoms with E-state index in [4.69, 9.17) is 0 Å². The molecule has 1 saturated heterocycles. The van der Waals surface area contributed by atoms with Gasteiger partial charge in [0, 0.05) is 31.7 Å². The van der Waals surface area contributed by atoms with Gasteiger partial charge in [-0.3, -0.25) is 4.99 Å². The first-order chi connectivity index (χ1) is 9.13. The predicted molar refractivity (Wildman–Crippen MR) is 83.8 cm³/mol. The molecule has 1 atom stereocenters. The van der Waals surface area contributed by atoms with E-state index in [1.54, 1.807) is 0 Å². The standard InChI is InChI=1S/C15H32N4/c1-5-16-15(18-13(2)3)17-10-8-12-19-11-7-6-9-14(19)4/h13-14H,5-12H2,1-4H3,(H2,16,17,18). The van der Waals surface area contributed by atoms with Crippen molar-refractivity contribution in [3.8, 4) is 0 Å². The van der Waals surface area contributed by atoms with Gasteiger partial charge >= 0.3 is 0 Å². The monoisotopic (exact) mass is 268 g/mol. The van der Waals surface area contributed by atoms with Crippen LogP contribution >= 0.6 is 0 Å². The predicted octanol–water partition coefficient (Wildman–Crippen LogP) is 2.21. The molecule has 112 valence electrons. The van der Waals surface area contributed by atoms with Crippen LogP contribution < -0.4 is 10.6 Å². The van der Waals surface area contributed by atoms with E-state index in [9.17, 15) is 0 Å². The Balaban J connectivity index is 2.25. The number of hydrogen-bond acceptors (Lipinski definition) is 2. The molecule has 0 amide bonds.